The second-order valence-corrected chi connectivity index (χ2v) is 5.41. The predicted octanol–water partition coefficient (Wildman–Crippen LogP) is 3.79. The van der Waals surface area contributed by atoms with Gasteiger partial charge >= 0.3 is 0 Å². The Morgan fingerprint density at radius 2 is 2.28 bits per heavy atom. The van der Waals surface area contributed by atoms with Crippen molar-refractivity contribution in [2.24, 2.45) is 0 Å². The molecule has 2 rings (SSSR count). The van der Waals surface area contributed by atoms with Gasteiger partial charge in [-0.25, -0.2) is 4.68 Å². The van der Waals surface area contributed by atoms with Crippen molar-refractivity contribution in [2.75, 3.05) is 6.54 Å². The molecule has 0 amide bonds. The van der Waals surface area contributed by atoms with E-state index in [2.05, 4.69) is 39.3 Å². The number of benzene rings is 1. The summed E-state index contributed by atoms with van der Waals surface area (Å²) in [5, 5.41) is 8.29. The van der Waals surface area contributed by atoms with Gasteiger partial charge in [-0.05, 0) is 36.7 Å². The number of aromatic nitrogens is 2. The quantitative estimate of drug-likeness (QED) is 0.846. The van der Waals surface area contributed by atoms with Gasteiger partial charge < -0.3 is 5.32 Å². The predicted molar refractivity (Wildman–Crippen MR) is 78.3 cm³/mol. The molecule has 1 N–H and O–H groups in total. The monoisotopic (exact) mass is 327 g/mol. The minimum atomic E-state index is 0.644. The van der Waals surface area contributed by atoms with Crippen LogP contribution in [0.15, 0.2) is 35.1 Å². The van der Waals surface area contributed by atoms with E-state index in [0.717, 1.165) is 29.7 Å². The van der Waals surface area contributed by atoms with Crippen molar-refractivity contribution in [2.45, 2.75) is 19.9 Å². The van der Waals surface area contributed by atoms with Gasteiger partial charge in [0.05, 0.1) is 16.9 Å². The molecule has 3 nitrogen and oxygen atoms in total. The maximum Gasteiger partial charge on any atom is 0.0790 e. The molecule has 0 radical (unpaired) electrons. The summed E-state index contributed by atoms with van der Waals surface area (Å²) in [6, 6.07) is 6.15. The molecule has 5 heteroatoms. The van der Waals surface area contributed by atoms with Crippen LogP contribution in [0.4, 0.5) is 0 Å². The van der Waals surface area contributed by atoms with Crippen molar-refractivity contribution in [3.05, 3.63) is 45.7 Å². The van der Waals surface area contributed by atoms with Gasteiger partial charge in [0.25, 0.3) is 0 Å². The van der Waals surface area contributed by atoms with Crippen LogP contribution in [-0.2, 0) is 6.54 Å². The standard InChI is InChI=1S/C13H15BrClN3/c1-2-5-16-7-10-6-11(14)3-4-13(10)18-9-12(15)8-17-18/h3-4,6,8-9,16H,2,5,7H2,1H3. The Morgan fingerprint density at radius 3 is 2.94 bits per heavy atom. The Morgan fingerprint density at radius 1 is 1.44 bits per heavy atom. The third-order valence-corrected chi connectivity index (χ3v) is 3.27. The van der Waals surface area contributed by atoms with E-state index in [4.69, 9.17) is 11.6 Å². The van der Waals surface area contributed by atoms with Crippen LogP contribution in [0.5, 0.6) is 0 Å². The van der Waals surface area contributed by atoms with Gasteiger partial charge in [0.2, 0.25) is 0 Å². The van der Waals surface area contributed by atoms with E-state index in [-0.39, 0.29) is 0 Å². The number of rotatable bonds is 5. The largest absolute Gasteiger partial charge is 0.313 e. The fourth-order valence-electron chi connectivity index (χ4n) is 1.75. The van der Waals surface area contributed by atoms with Crippen LogP contribution in [-0.4, -0.2) is 16.3 Å². The van der Waals surface area contributed by atoms with E-state index < -0.39 is 0 Å². The molecular weight excluding hydrogens is 314 g/mol. The normalized spacial score (nSPS) is 10.8. The lowest BCUT2D eigenvalue weighted by molar-refractivity contribution is 0.670. The summed E-state index contributed by atoms with van der Waals surface area (Å²) in [7, 11) is 0. The summed E-state index contributed by atoms with van der Waals surface area (Å²) >= 11 is 9.41. The van der Waals surface area contributed by atoms with Crippen LogP contribution in [0.25, 0.3) is 5.69 Å². The molecule has 0 saturated carbocycles. The maximum absolute atomic E-state index is 5.91. The van der Waals surface area contributed by atoms with E-state index in [9.17, 15) is 0 Å². The molecule has 0 aliphatic heterocycles. The van der Waals surface area contributed by atoms with Crippen LogP contribution < -0.4 is 5.32 Å². The van der Waals surface area contributed by atoms with Crippen molar-refractivity contribution in [3.63, 3.8) is 0 Å². The summed E-state index contributed by atoms with van der Waals surface area (Å²) in [4.78, 5) is 0. The topological polar surface area (TPSA) is 29.9 Å². The van der Waals surface area contributed by atoms with Gasteiger partial charge in [-0.15, -0.1) is 0 Å². The van der Waals surface area contributed by atoms with E-state index >= 15 is 0 Å². The number of halogens is 2. The lowest BCUT2D eigenvalue weighted by atomic mass is 10.1. The lowest BCUT2D eigenvalue weighted by Gasteiger charge is -2.11. The minimum Gasteiger partial charge on any atom is -0.313 e. The van der Waals surface area contributed by atoms with Gasteiger partial charge in [0, 0.05) is 17.2 Å². The van der Waals surface area contributed by atoms with Gasteiger partial charge in [0.15, 0.2) is 0 Å². The highest BCUT2D eigenvalue weighted by atomic mass is 79.9. The molecule has 1 aromatic heterocycles. The highest BCUT2D eigenvalue weighted by Crippen LogP contribution is 2.21. The lowest BCUT2D eigenvalue weighted by Crippen LogP contribution is -2.15. The Bertz CT molecular complexity index is 525. The second kappa shape index (κ2) is 6.36. The molecule has 2 aromatic rings. The van der Waals surface area contributed by atoms with Gasteiger partial charge in [-0.2, -0.15) is 5.10 Å². The molecule has 0 atom stereocenters. The third-order valence-electron chi connectivity index (χ3n) is 2.58. The van der Waals surface area contributed by atoms with Crippen molar-refractivity contribution >= 4 is 27.5 Å². The fraction of sp³-hybridized carbons (Fsp3) is 0.308. The summed E-state index contributed by atoms with van der Waals surface area (Å²) in [6.07, 6.45) is 4.58. The molecule has 0 aliphatic carbocycles. The fourth-order valence-corrected chi connectivity index (χ4v) is 2.30. The molecule has 96 valence electrons. The average Bonchev–Trinajstić information content (AvgIpc) is 2.76. The first-order chi connectivity index (χ1) is 8.70. The zero-order chi connectivity index (χ0) is 13.0. The van der Waals surface area contributed by atoms with E-state index in [1.54, 1.807) is 10.9 Å². The highest BCUT2D eigenvalue weighted by molar-refractivity contribution is 9.10. The number of nitrogens with one attached hydrogen (secondary N) is 1. The molecular formula is C13H15BrClN3. The molecule has 0 fully saturated rings. The van der Waals surface area contributed by atoms with Crippen LogP contribution in [0.1, 0.15) is 18.9 Å². The van der Waals surface area contributed by atoms with Gasteiger partial charge in [0.1, 0.15) is 0 Å². The summed E-state index contributed by atoms with van der Waals surface area (Å²) in [5.41, 5.74) is 2.24. The molecule has 1 heterocycles. The number of nitrogens with zero attached hydrogens (tertiary/aromatic N) is 2. The molecule has 1 aromatic carbocycles. The molecule has 0 unspecified atom stereocenters. The highest BCUT2D eigenvalue weighted by Gasteiger charge is 2.06. The maximum atomic E-state index is 5.91. The first-order valence-electron chi connectivity index (χ1n) is 5.90. The summed E-state index contributed by atoms with van der Waals surface area (Å²) in [5.74, 6) is 0. The third kappa shape index (κ3) is 3.34. The second-order valence-electron chi connectivity index (χ2n) is 4.05. The first-order valence-corrected chi connectivity index (χ1v) is 7.07. The van der Waals surface area contributed by atoms with Crippen molar-refractivity contribution in [3.8, 4) is 5.69 Å². The first kappa shape index (κ1) is 13.6. The van der Waals surface area contributed by atoms with Gasteiger partial charge in [-0.3, -0.25) is 0 Å². The SMILES string of the molecule is CCCNCc1cc(Br)ccc1-n1cc(Cl)cn1. The van der Waals surface area contributed by atoms with E-state index in [0.29, 0.717) is 5.02 Å². The molecule has 0 bridgehead atoms. The summed E-state index contributed by atoms with van der Waals surface area (Å²) < 4.78 is 2.87. The van der Waals surface area contributed by atoms with Crippen LogP contribution in [0.2, 0.25) is 5.02 Å². The molecule has 0 aliphatic rings. The Labute approximate surface area is 120 Å². The Kier molecular flexibility index (Phi) is 4.80. The Balaban J connectivity index is 2.28. The Hall–Kier alpha value is -0.840. The zero-order valence-electron chi connectivity index (χ0n) is 10.2. The summed E-state index contributed by atoms with van der Waals surface area (Å²) in [6.45, 7) is 3.98. The van der Waals surface area contributed by atoms with E-state index in [1.165, 1.54) is 5.56 Å². The zero-order valence-corrected chi connectivity index (χ0v) is 12.5. The van der Waals surface area contributed by atoms with Crippen molar-refractivity contribution < 1.29 is 0 Å². The van der Waals surface area contributed by atoms with Crippen molar-refractivity contribution in [1.82, 2.24) is 15.1 Å². The molecule has 18 heavy (non-hydrogen) atoms. The van der Waals surface area contributed by atoms with Crippen LogP contribution in [0.3, 0.4) is 0 Å². The van der Waals surface area contributed by atoms with Crippen molar-refractivity contribution in [1.29, 1.82) is 0 Å². The smallest absolute Gasteiger partial charge is 0.0790 e. The van der Waals surface area contributed by atoms with E-state index in [1.807, 2.05) is 18.3 Å². The number of hydrogen-bond donors (Lipinski definition) is 1. The molecule has 0 spiro atoms. The average molecular weight is 329 g/mol. The van der Waals surface area contributed by atoms with Crippen LogP contribution >= 0.6 is 27.5 Å². The van der Waals surface area contributed by atoms with Crippen LogP contribution in [0, 0.1) is 0 Å². The minimum absolute atomic E-state index is 0.644. The van der Waals surface area contributed by atoms with Gasteiger partial charge in [-0.1, -0.05) is 34.5 Å². The molecule has 0 saturated heterocycles. The number of hydrogen-bond acceptors (Lipinski definition) is 2.